The van der Waals surface area contributed by atoms with Crippen molar-refractivity contribution in [1.82, 2.24) is 0 Å². The van der Waals surface area contributed by atoms with Gasteiger partial charge in [0.25, 0.3) is 0 Å². The monoisotopic (exact) mass is 308 g/mol. The quantitative estimate of drug-likeness (QED) is 0.443. The van der Waals surface area contributed by atoms with Gasteiger partial charge in [-0.2, -0.15) is 0 Å². The Morgan fingerprint density at radius 1 is 1.27 bits per heavy atom. The summed E-state index contributed by atoms with van der Waals surface area (Å²) in [5, 5.41) is 0. The van der Waals surface area contributed by atoms with Gasteiger partial charge in [0.05, 0.1) is 6.61 Å². The first-order valence-corrected chi connectivity index (χ1v) is 8.03. The van der Waals surface area contributed by atoms with Gasteiger partial charge in [-0.3, -0.25) is 4.79 Å². The number of hydrogen-bond acceptors (Lipinski definition) is 4. The second kappa shape index (κ2) is 6.97. The van der Waals surface area contributed by atoms with Crippen molar-refractivity contribution in [3.63, 3.8) is 0 Å². The fourth-order valence-electron chi connectivity index (χ4n) is 3.55. The van der Waals surface area contributed by atoms with Gasteiger partial charge in [0, 0.05) is 20.0 Å². The van der Waals surface area contributed by atoms with Crippen LogP contribution in [0.15, 0.2) is 23.3 Å². The fraction of sp³-hybridized carbons (Fsp3) is 0.722. The highest BCUT2D eigenvalue weighted by molar-refractivity contribution is 5.66. The van der Waals surface area contributed by atoms with Crippen LogP contribution in [0.2, 0.25) is 0 Å². The van der Waals surface area contributed by atoms with Crippen LogP contribution in [0, 0.1) is 5.92 Å². The summed E-state index contributed by atoms with van der Waals surface area (Å²) < 4.78 is 17.0. The first kappa shape index (κ1) is 17.2. The van der Waals surface area contributed by atoms with Crippen LogP contribution < -0.4 is 0 Å². The van der Waals surface area contributed by atoms with Crippen LogP contribution in [0.5, 0.6) is 0 Å². The van der Waals surface area contributed by atoms with Crippen molar-refractivity contribution in [3.05, 3.63) is 23.3 Å². The molecule has 0 bridgehead atoms. The molecule has 1 heterocycles. The Labute approximate surface area is 133 Å². The largest absolute Gasteiger partial charge is 0.460 e. The Hall–Kier alpha value is -1.13. The maximum Gasteiger partial charge on any atom is 0.302 e. The summed E-state index contributed by atoms with van der Waals surface area (Å²) >= 11 is 0. The van der Waals surface area contributed by atoms with Crippen molar-refractivity contribution in [2.75, 3.05) is 13.7 Å². The maximum absolute atomic E-state index is 11.3. The van der Waals surface area contributed by atoms with Crippen LogP contribution in [0.1, 0.15) is 47.0 Å². The second-order valence-electron chi connectivity index (χ2n) is 6.68. The van der Waals surface area contributed by atoms with Crippen molar-refractivity contribution < 1.29 is 19.0 Å². The summed E-state index contributed by atoms with van der Waals surface area (Å²) in [7, 11) is 1.69. The van der Waals surface area contributed by atoms with E-state index in [1.54, 1.807) is 7.11 Å². The average molecular weight is 308 g/mol. The molecule has 1 aliphatic heterocycles. The molecule has 2 rings (SSSR count). The Morgan fingerprint density at radius 2 is 1.95 bits per heavy atom. The van der Waals surface area contributed by atoms with Crippen molar-refractivity contribution >= 4 is 5.97 Å². The molecule has 1 spiro atoms. The van der Waals surface area contributed by atoms with E-state index in [0.29, 0.717) is 0 Å². The van der Waals surface area contributed by atoms with Gasteiger partial charge in [0.15, 0.2) is 0 Å². The van der Waals surface area contributed by atoms with Crippen molar-refractivity contribution in [1.29, 1.82) is 0 Å². The zero-order valence-electron chi connectivity index (χ0n) is 14.3. The third kappa shape index (κ3) is 3.79. The minimum Gasteiger partial charge on any atom is -0.460 e. The molecule has 2 aliphatic rings. The Balaban J connectivity index is 2.19. The zero-order valence-corrected chi connectivity index (χ0v) is 14.3. The standard InChI is InChI=1S/C18H28O4/c1-12(2)7-6-8-13(3)16-17(20-5)15(22-14(4)19)9-10-18(16)11-21-18/h7-8,15-17H,6,9-11H2,1-5H3/t15?,16?,17?,18-/m0/s1. The lowest BCUT2D eigenvalue weighted by Gasteiger charge is -2.41. The number of carbonyl (C=O) groups excluding carboxylic acids is 1. The van der Waals surface area contributed by atoms with Crippen LogP contribution in [-0.2, 0) is 19.0 Å². The summed E-state index contributed by atoms with van der Waals surface area (Å²) in [6, 6.07) is 0. The van der Waals surface area contributed by atoms with E-state index in [-0.39, 0.29) is 29.7 Å². The van der Waals surface area contributed by atoms with E-state index in [9.17, 15) is 4.79 Å². The van der Waals surface area contributed by atoms with E-state index in [2.05, 4.69) is 32.9 Å². The summed E-state index contributed by atoms with van der Waals surface area (Å²) in [6.07, 6.45) is 6.76. The Kier molecular flexibility index (Phi) is 5.45. The van der Waals surface area contributed by atoms with Crippen LogP contribution in [0.25, 0.3) is 0 Å². The van der Waals surface area contributed by atoms with E-state index in [1.807, 2.05) is 0 Å². The molecular weight excluding hydrogens is 280 g/mol. The molecule has 2 fully saturated rings. The number of rotatable bonds is 5. The molecule has 1 saturated heterocycles. The molecule has 4 heteroatoms. The van der Waals surface area contributed by atoms with Crippen LogP contribution in [0.4, 0.5) is 0 Å². The highest BCUT2D eigenvalue weighted by atomic mass is 16.6. The third-order valence-electron chi connectivity index (χ3n) is 4.67. The second-order valence-corrected chi connectivity index (χ2v) is 6.68. The SMILES string of the molecule is COC1C(OC(C)=O)CC[C@]2(CO2)C1C(C)=CCC=C(C)C. The molecule has 1 aliphatic carbocycles. The molecule has 0 aromatic heterocycles. The van der Waals surface area contributed by atoms with Gasteiger partial charge in [-0.15, -0.1) is 0 Å². The predicted molar refractivity (Wildman–Crippen MR) is 85.6 cm³/mol. The Bertz CT molecular complexity index is 469. The number of esters is 1. The van der Waals surface area contributed by atoms with E-state index >= 15 is 0 Å². The molecule has 124 valence electrons. The average Bonchev–Trinajstić information content (AvgIpc) is 3.19. The summed E-state index contributed by atoms with van der Waals surface area (Å²) in [5.74, 6) is -0.0919. The van der Waals surface area contributed by atoms with E-state index in [1.165, 1.54) is 18.1 Å². The van der Waals surface area contributed by atoms with Gasteiger partial charge < -0.3 is 14.2 Å². The number of allylic oxidation sites excluding steroid dienone is 3. The molecule has 3 unspecified atom stereocenters. The van der Waals surface area contributed by atoms with E-state index < -0.39 is 0 Å². The molecule has 0 N–H and O–H groups in total. The molecule has 4 atom stereocenters. The normalized spacial score (nSPS) is 34.4. The van der Waals surface area contributed by atoms with Crippen LogP contribution in [0.3, 0.4) is 0 Å². The molecule has 22 heavy (non-hydrogen) atoms. The van der Waals surface area contributed by atoms with Gasteiger partial charge in [-0.25, -0.2) is 0 Å². The zero-order chi connectivity index (χ0) is 16.3. The maximum atomic E-state index is 11.3. The summed E-state index contributed by atoms with van der Waals surface area (Å²) in [6.45, 7) is 8.57. The predicted octanol–water partition coefficient (Wildman–Crippen LogP) is 3.41. The third-order valence-corrected chi connectivity index (χ3v) is 4.67. The first-order chi connectivity index (χ1) is 10.4. The number of carbonyl (C=O) groups is 1. The first-order valence-electron chi connectivity index (χ1n) is 8.03. The van der Waals surface area contributed by atoms with E-state index in [0.717, 1.165) is 25.9 Å². The van der Waals surface area contributed by atoms with Crippen molar-refractivity contribution in [2.45, 2.75) is 64.8 Å². The number of hydrogen-bond donors (Lipinski definition) is 0. The number of epoxide rings is 1. The minimum absolute atomic E-state index is 0.108. The van der Waals surface area contributed by atoms with Crippen LogP contribution >= 0.6 is 0 Å². The van der Waals surface area contributed by atoms with Crippen molar-refractivity contribution in [3.8, 4) is 0 Å². The van der Waals surface area contributed by atoms with Gasteiger partial charge in [-0.1, -0.05) is 23.3 Å². The number of methoxy groups -OCH3 is 1. The van der Waals surface area contributed by atoms with Gasteiger partial charge in [-0.05, 0) is 40.0 Å². The van der Waals surface area contributed by atoms with Gasteiger partial charge in [0.2, 0.25) is 0 Å². The van der Waals surface area contributed by atoms with Crippen LogP contribution in [-0.4, -0.2) is 37.5 Å². The molecule has 0 aromatic carbocycles. The Morgan fingerprint density at radius 3 is 2.45 bits per heavy atom. The molecule has 4 nitrogen and oxygen atoms in total. The molecule has 0 aromatic rings. The lowest BCUT2D eigenvalue weighted by Crippen LogP contribution is -2.50. The molecular formula is C18H28O4. The minimum atomic E-state index is -0.246. The lowest BCUT2D eigenvalue weighted by molar-refractivity contribution is -0.163. The molecule has 1 saturated carbocycles. The highest BCUT2D eigenvalue weighted by Crippen LogP contribution is 2.50. The smallest absolute Gasteiger partial charge is 0.302 e. The summed E-state index contributed by atoms with van der Waals surface area (Å²) in [5.41, 5.74) is 2.47. The molecule has 0 radical (unpaired) electrons. The summed E-state index contributed by atoms with van der Waals surface area (Å²) in [4.78, 5) is 11.3. The highest BCUT2D eigenvalue weighted by Gasteiger charge is 2.59. The van der Waals surface area contributed by atoms with Gasteiger partial charge in [0.1, 0.15) is 17.8 Å². The molecule has 0 amide bonds. The van der Waals surface area contributed by atoms with Gasteiger partial charge >= 0.3 is 5.97 Å². The fourth-order valence-corrected chi connectivity index (χ4v) is 3.55. The van der Waals surface area contributed by atoms with Crippen molar-refractivity contribution in [2.24, 2.45) is 5.92 Å². The van der Waals surface area contributed by atoms with E-state index in [4.69, 9.17) is 14.2 Å². The topological polar surface area (TPSA) is 48.1 Å². The lowest BCUT2D eigenvalue weighted by atomic mass is 9.72. The number of ether oxygens (including phenoxy) is 3.